The van der Waals surface area contributed by atoms with Crippen molar-refractivity contribution in [3.05, 3.63) is 12.2 Å². The highest BCUT2D eigenvalue weighted by Crippen LogP contribution is 2.21. The first kappa shape index (κ1) is 14.9. The number of cyclic esters (lactones) is 2. The van der Waals surface area contributed by atoms with Crippen LogP contribution in [0.5, 0.6) is 0 Å². The monoisotopic (exact) mass is 252 g/mol. The zero-order valence-electron chi connectivity index (χ0n) is 11.3. The van der Waals surface area contributed by atoms with E-state index in [-0.39, 0.29) is 24.3 Å². The van der Waals surface area contributed by atoms with Crippen molar-refractivity contribution in [3.63, 3.8) is 0 Å². The second-order valence-corrected chi connectivity index (χ2v) is 4.95. The summed E-state index contributed by atoms with van der Waals surface area (Å²) in [6.07, 6.45) is 13.8. The number of rotatable bonds is 9. The molecule has 0 aromatic heterocycles. The van der Waals surface area contributed by atoms with Crippen LogP contribution in [0.2, 0.25) is 0 Å². The van der Waals surface area contributed by atoms with Gasteiger partial charge in [-0.3, -0.25) is 9.59 Å². The average Bonchev–Trinajstić information content (AvgIpc) is 2.66. The van der Waals surface area contributed by atoms with Crippen molar-refractivity contribution in [1.82, 2.24) is 0 Å². The van der Waals surface area contributed by atoms with E-state index in [0.717, 1.165) is 25.7 Å². The van der Waals surface area contributed by atoms with Crippen LogP contribution in [0.25, 0.3) is 0 Å². The molecule has 0 aliphatic carbocycles. The van der Waals surface area contributed by atoms with E-state index in [1.807, 2.05) is 0 Å². The Morgan fingerprint density at radius 3 is 2.44 bits per heavy atom. The van der Waals surface area contributed by atoms with Gasteiger partial charge in [-0.15, -0.1) is 0 Å². The van der Waals surface area contributed by atoms with Gasteiger partial charge in [0.1, 0.15) is 0 Å². The van der Waals surface area contributed by atoms with Crippen LogP contribution in [0.4, 0.5) is 0 Å². The van der Waals surface area contributed by atoms with Gasteiger partial charge in [0.05, 0.1) is 12.3 Å². The van der Waals surface area contributed by atoms with Crippen molar-refractivity contribution in [2.45, 2.75) is 64.7 Å². The van der Waals surface area contributed by atoms with Crippen LogP contribution in [0.3, 0.4) is 0 Å². The van der Waals surface area contributed by atoms with E-state index in [9.17, 15) is 9.59 Å². The third kappa shape index (κ3) is 5.99. The number of unbranched alkanes of at least 4 members (excludes halogenated alkanes) is 5. The fourth-order valence-corrected chi connectivity index (χ4v) is 2.15. The van der Waals surface area contributed by atoms with Crippen molar-refractivity contribution < 1.29 is 14.3 Å². The Bertz CT molecular complexity index is 294. The van der Waals surface area contributed by atoms with Crippen molar-refractivity contribution in [2.75, 3.05) is 0 Å². The van der Waals surface area contributed by atoms with Gasteiger partial charge < -0.3 is 4.74 Å². The molecule has 3 nitrogen and oxygen atoms in total. The Labute approximate surface area is 110 Å². The molecule has 102 valence electrons. The number of hydrogen-bond donors (Lipinski definition) is 0. The molecule has 1 fully saturated rings. The predicted octanol–water partition coefficient (Wildman–Crippen LogP) is 3.77. The predicted molar refractivity (Wildman–Crippen MR) is 71.0 cm³/mol. The number of carbonyl (C=O) groups is 2. The molecule has 1 aliphatic heterocycles. The number of hydrogen-bond acceptors (Lipinski definition) is 3. The first-order valence-electron chi connectivity index (χ1n) is 7.13. The third-order valence-corrected chi connectivity index (χ3v) is 3.28. The first-order chi connectivity index (χ1) is 8.74. The van der Waals surface area contributed by atoms with Crippen LogP contribution in [0, 0.1) is 5.92 Å². The van der Waals surface area contributed by atoms with Crippen LogP contribution in [0.1, 0.15) is 64.7 Å². The summed E-state index contributed by atoms with van der Waals surface area (Å²) >= 11 is 0. The maximum Gasteiger partial charge on any atom is 0.317 e. The zero-order valence-corrected chi connectivity index (χ0v) is 11.3. The van der Waals surface area contributed by atoms with Crippen LogP contribution in [-0.2, 0) is 14.3 Å². The minimum atomic E-state index is -0.364. The van der Waals surface area contributed by atoms with Crippen molar-refractivity contribution in [1.29, 1.82) is 0 Å². The molecule has 0 aromatic rings. The van der Waals surface area contributed by atoms with E-state index in [2.05, 4.69) is 23.8 Å². The smallest absolute Gasteiger partial charge is 0.317 e. The van der Waals surface area contributed by atoms with Crippen molar-refractivity contribution in [2.24, 2.45) is 5.92 Å². The Balaban J connectivity index is 1.96. The van der Waals surface area contributed by atoms with Crippen LogP contribution in [-0.4, -0.2) is 11.9 Å². The van der Waals surface area contributed by atoms with Gasteiger partial charge in [0.2, 0.25) is 0 Å². The molecule has 0 N–H and O–H groups in total. The second kappa shape index (κ2) is 8.90. The summed E-state index contributed by atoms with van der Waals surface area (Å²) in [5, 5.41) is 0. The summed E-state index contributed by atoms with van der Waals surface area (Å²) in [5.41, 5.74) is 0. The average molecular weight is 252 g/mol. The standard InChI is InChI=1S/C15H24O3/c1-2-3-4-5-6-7-8-9-10-11-13-12-14(16)18-15(13)17/h7-8,13H,2-6,9-12H2,1H3/b8-7+. The van der Waals surface area contributed by atoms with Crippen LogP contribution in [0.15, 0.2) is 12.2 Å². The molecule has 3 heteroatoms. The number of allylic oxidation sites excluding steroid dienone is 2. The highest BCUT2D eigenvalue weighted by atomic mass is 16.6. The van der Waals surface area contributed by atoms with Gasteiger partial charge in [0.15, 0.2) is 0 Å². The molecule has 1 aliphatic rings. The molecule has 1 atom stereocenters. The lowest BCUT2D eigenvalue weighted by atomic mass is 10.0. The molecular weight excluding hydrogens is 228 g/mol. The second-order valence-electron chi connectivity index (χ2n) is 4.95. The SMILES string of the molecule is CCCCCC/C=C/CCCC1CC(=O)OC1=O. The Hall–Kier alpha value is -1.12. The molecule has 1 rings (SSSR count). The van der Waals surface area contributed by atoms with Crippen LogP contribution < -0.4 is 0 Å². The van der Waals surface area contributed by atoms with Crippen molar-refractivity contribution >= 4 is 11.9 Å². The Morgan fingerprint density at radius 2 is 1.83 bits per heavy atom. The lowest BCUT2D eigenvalue weighted by molar-refractivity contribution is -0.153. The third-order valence-electron chi connectivity index (χ3n) is 3.28. The Kier molecular flexibility index (Phi) is 7.38. The maximum atomic E-state index is 11.2. The minimum absolute atomic E-state index is 0.185. The van der Waals surface area contributed by atoms with Gasteiger partial charge in [-0.1, -0.05) is 38.3 Å². The molecule has 0 radical (unpaired) electrons. The first-order valence-corrected chi connectivity index (χ1v) is 7.13. The molecule has 0 aromatic carbocycles. The van der Waals surface area contributed by atoms with E-state index in [1.165, 1.54) is 25.7 Å². The molecule has 1 unspecified atom stereocenters. The van der Waals surface area contributed by atoms with E-state index >= 15 is 0 Å². The molecule has 0 spiro atoms. The zero-order chi connectivity index (χ0) is 13.2. The van der Waals surface area contributed by atoms with Gasteiger partial charge in [0, 0.05) is 0 Å². The lowest BCUT2D eigenvalue weighted by Crippen LogP contribution is -2.06. The summed E-state index contributed by atoms with van der Waals surface area (Å²) in [6.45, 7) is 2.22. The van der Waals surface area contributed by atoms with Gasteiger partial charge in [-0.05, 0) is 32.1 Å². The quantitative estimate of drug-likeness (QED) is 0.271. The number of ether oxygens (including phenoxy) is 1. The molecule has 0 amide bonds. The molecule has 0 saturated carbocycles. The summed E-state index contributed by atoms with van der Waals surface area (Å²) in [6, 6.07) is 0. The van der Waals surface area contributed by atoms with E-state index in [4.69, 9.17) is 0 Å². The lowest BCUT2D eigenvalue weighted by Gasteiger charge is -2.01. The largest absolute Gasteiger partial charge is 0.393 e. The summed E-state index contributed by atoms with van der Waals surface area (Å²) in [4.78, 5) is 22.1. The van der Waals surface area contributed by atoms with Gasteiger partial charge in [-0.25, -0.2) is 0 Å². The molecule has 0 bridgehead atoms. The van der Waals surface area contributed by atoms with Gasteiger partial charge in [0.25, 0.3) is 0 Å². The Morgan fingerprint density at radius 1 is 1.11 bits per heavy atom. The molecule has 18 heavy (non-hydrogen) atoms. The topological polar surface area (TPSA) is 43.4 Å². The number of carbonyl (C=O) groups excluding carboxylic acids is 2. The maximum absolute atomic E-state index is 11.2. The van der Waals surface area contributed by atoms with E-state index in [0.29, 0.717) is 0 Å². The van der Waals surface area contributed by atoms with Crippen molar-refractivity contribution in [3.8, 4) is 0 Å². The highest BCUT2D eigenvalue weighted by molar-refractivity contribution is 5.94. The summed E-state index contributed by atoms with van der Waals surface area (Å²) < 4.78 is 4.51. The fraction of sp³-hybridized carbons (Fsp3) is 0.733. The van der Waals surface area contributed by atoms with E-state index in [1.54, 1.807) is 0 Å². The number of esters is 2. The van der Waals surface area contributed by atoms with E-state index < -0.39 is 0 Å². The molecule has 1 heterocycles. The molecular formula is C15H24O3. The molecule has 1 saturated heterocycles. The summed E-state index contributed by atoms with van der Waals surface area (Å²) in [5.74, 6) is -0.879. The van der Waals surface area contributed by atoms with Gasteiger partial charge in [-0.2, -0.15) is 0 Å². The normalized spacial score (nSPS) is 19.7. The highest BCUT2D eigenvalue weighted by Gasteiger charge is 2.32. The van der Waals surface area contributed by atoms with Crippen LogP contribution >= 0.6 is 0 Å². The summed E-state index contributed by atoms with van der Waals surface area (Å²) in [7, 11) is 0. The minimum Gasteiger partial charge on any atom is -0.393 e. The fourth-order valence-electron chi connectivity index (χ4n) is 2.15. The van der Waals surface area contributed by atoms with Gasteiger partial charge >= 0.3 is 11.9 Å².